The second kappa shape index (κ2) is 11.9. The minimum absolute atomic E-state index is 0.0443. The number of fused-ring (bicyclic) bond motifs is 2. The second-order valence-corrected chi connectivity index (χ2v) is 10.1. The quantitative estimate of drug-likeness (QED) is 0.107. The van der Waals surface area contributed by atoms with Crippen LogP contribution in [-0.4, -0.2) is 39.0 Å². The van der Waals surface area contributed by atoms with Gasteiger partial charge < -0.3 is 19.0 Å². The van der Waals surface area contributed by atoms with Gasteiger partial charge in [-0.05, 0) is 54.1 Å². The molecule has 0 fully saturated rings. The monoisotopic (exact) mass is 624 g/mol. The summed E-state index contributed by atoms with van der Waals surface area (Å²) in [4.78, 5) is 40.9. The first kappa shape index (κ1) is 29.1. The Balaban J connectivity index is 1.40. The average molecular weight is 625 g/mol. The van der Waals surface area contributed by atoms with E-state index in [2.05, 4.69) is 10.1 Å². The highest BCUT2D eigenvalue weighted by Crippen LogP contribution is 2.37. The molecule has 2 aromatic heterocycles. The number of rotatable bonds is 9. The van der Waals surface area contributed by atoms with E-state index in [1.807, 2.05) is 0 Å². The molecule has 2 heterocycles. The molecular weight excluding hydrogens is 604 g/mol. The number of carboxylic acids is 1. The molecule has 224 valence electrons. The number of ether oxygens (including phenoxy) is 2. The van der Waals surface area contributed by atoms with E-state index in [0.29, 0.717) is 33.2 Å². The van der Waals surface area contributed by atoms with E-state index in [9.17, 15) is 24.8 Å². The number of hydrogen-bond donors (Lipinski definition) is 1. The molecule has 0 bridgehead atoms. The minimum atomic E-state index is -1.12. The Morgan fingerprint density at radius 2 is 1.89 bits per heavy atom. The Labute approximate surface area is 258 Å². The Kier molecular flexibility index (Phi) is 7.71. The van der Waals surface area contributed by atoms with Crippen LogP contribution < -0.4 is 15.0 Å². The number of furan rings is 1. The zero-order valence-corrected chi connectivity index (χ0v) is 24.1. The Morgan fingerprint density at radius 1 is 1.09 bits per heavy atom. The fraction of sp³-hybridized carbons (Fsp3) is 0.0625. The van der Waals surface area contributed by atoms with Crippen molar-refractivity contribution < 1.29 is 28.7 Å². The SMILES string of the molecule is COc1cccc2oc(-c3nc4ccccc4c(=O)n3N=Cc3cc(Cl)c(OCc4cccc(C(=O)O)c4)c([N+](=O)[O-])c3)cc12. The van der Waals surface area contributed by atoms with Crippen LogP contribution in [0.5, 0.6) is 11.5 Å². The number of benzene rings is 4. The maximum atomic E-state index is 13.6. The van der Waals surface area contributed by atoms with E-state index in [0.717, 1.165) is 4.68 Å². The smallest absolute Gasteiger partial charge is 0.335 e. The van der Waals surface area contributed by atoms with Crippen LogP contribution in [0.25, 0.3) is 33.5 Å². The average Bonchev–Trinajstić information content (AvgIpc) is 3.48. The van der Waals surface area contributed by atoms with Crippen LogP contribution in [0, 0.1) is 10.1 Å². The highest BCUT2D eigenvalue weighted by molar-refractivity contribution is 6.32. The Hall–Kier alpha value is -6.01. The number of carboxylic acid groups (broad SMARTS) is 1. The number of halogens is 1. The van der Waals surface area contributed by atoms with Crippen molar-refractivity contribution in [2.45, 2.75) is 6.61 Å². The summed E-state index contributed by atoms with van der Waals surface area (Å²) in [7, 11) is 1.54. The first-order valence-corrected chi connectivity index (χ1v) is 13.7. The van der Waals surface area contributed by atoms with Crippen LogP contribution >= 0.6 is 11.6 Å². The van der Waals surface area contributed by atoms with E-state index >= 15 is 0 Å². The van der Waals surface area contributed by atoms with Gasteiger partial charge in [-0.3, -0.25) is 14.9 Å². The molecule has 0 radical (unpaired) electrons. The zero-order chi connectivity index (χ0) is 31.7. The molecule has 1 N–H and O–H groups in total. The van der Waals surface area contributed by atoms with Gasteiger partial charge >= 0.3 is 11.7 Å². The van der Waals surface area contributed by atoms with Crippen molar-refractivity contribution in [2.75, 3.05) is 7.11 Å². The van der Waals surface area contributed by atoms with Crippen molar-refractivity contribution in [2.24, 2.45) is 5.10 Å². The third-order valence-electron chi connectivity index (χ3n) is 6.84. The molecule has 0 amide bonds. The lowest BCUT2D eigenvalue weighted by molar-refractivity contribution is -0.385. The van der Waals surface area contributed by atoms with Gasteiger partial charge in [0.2, 0.25) is 11.6 Å². The van der Waals surface area contributed by atoms with Crippen molar-refractivity contribution in [3.05, 3.63) is 127 Å². The van der Waals surface area contributed by atoms with Crippen molar-refractivity contribution in [3.8, 4) is 23.1 Å². The molecule has 0 aliphatic rings. The van der Waals surface area contributed by atoms with Gasteiger partial charge in [0.1, 0.15) is 17.9 Å². The summed E-state index contributed by atoms with van der Waals surface area (Å²) in [5.74, 6) is -0.416. The Bertz CT molecular complexity index is 2220. The van der Waals surface area contributed by atoms with Crippen LogP contribution in [0.2, 0.25) is 5.02 Å². The van der Waals surface area contributed by atoms with Crippen LogP contribution in [0.1, 0.15) is 21.5 Å². The summed E-state index contributed by atoms with van der Waals surface area (Å²) < 4.78 is 18.2. The number of nitro groups is 1. The fourth-order valence-corrected chi connectivity index (χ4v) is 5.02. The number of nitro benzene ring substituents is 1. The first-order chi connectivity index (χ1) is 21.7. The highest BCUT2D eigenvalue weighted by Gasteiger charge is 2.22. The van der Waals surface area contributed by atoms with Crippen molar-refractivity contribution in [1.29, 1.82) is 0 Å². The summed E-state index contributed by atoms with van der Waals surface area (Å²) in [6.07, 6.45) is 1.24. The third kappa shape index (κ3) is 5.69. The first-order valence-electron chi connectivity index (χ1n) is 13.3. The lowest BCUT2D eigenvalue weighted by Gasteiger charge is -2.10. The van der Waals surface area contributed by atoms with Crippen molar-refractivity contribution in [1.82, 2.24) is 9.66 Å². The van der Waals surface area contributed by atoms with Gasteiger partial charge in [-0.15, -0.1) is 0 Å². The summed E-state index contributed by atoms with van der Waals surface area (Å²) >= 11 is 6.43. The molecule has 45 heavy (non-hydrogen) atoms. The molecule has 0 aliphatic carbocycles. The topological polar surface area (TPSA) is 159 Å². The predicted molar refractivity (Wildman–Crippen MR) is 167 cm³/mol. The fourth-order valence-electron chi connectivity index (χ4n) is 4.74. The number of aromatic carboxylic acids is 1. The van der Waals surface area contributed by atoms with Crippen LogP contribution in [-0.2, 0) is 6.61 Å². The molecule has 4 aromatic carbocycles. The van der Waals surface area contributed by atoms with Crippen LogP contribution in [0.3, 0.4) is 0 Å². The number of methoxy groups -OCH3 is 1. The van der Waals surface area contributed by atoms with E-state index in [1.165, 1.54) is 43.7 Å². The van der Waals surface area contributed by atoms with Gasteiger partial charge in [-0.1, -0.05) is 41.9 Å². The van der Waals surface area contributed by atoms with Gasteiger partial charge in [0.25, 0.3) is 5.56 Å². The predicted octanol–water partition coefficient (Wildman–Crippen LogP) is 6.54. The molecule has 0 saturated carbocycles. The summed E-state index contributed by atoms with van der Waals surface area (Å²) in [6, 6.07) is 22.3. The lowest BCUT2D eigenvalue weighted by atomic mass is 10.1. The van der Waals surface area contributed by atoms with Gasteiger partial charge in [-0.2, -0.15) is 9.78 Å². The number of aromatic nitrogens is 2. The van der Waals surface area contributed by atoms with E-state index in [4.69, 9.17) is 25.5 Å². The maximum Gasteiger partial charge on any atom is 0.335 e. The summed E-state index contributed by atoms with van der Waals surface area (Å²) in [5.41, 5.74) is 0.701. The highest BCUT2D eigenvalue weighted by atomic mass is 35.5. The molecule has 13 heteroatoms. The van der Waals surface area contributed by atoms with E-state index in [1.54, 1.807) is 54.6 Å². The van der Waals surface area contributed by atoms with Crippen molar-refractivity contribution in [3.63, 3.8) is 0 Å². The third-order valence-corrected chi connectivity index (χ3v) is 7.12. The summed E-state index contributed by atoms with van der Waals surface area (Å²) in [6.45, 7) is -0.168. The standard InChI is InChI=1S/C32H21ClN4O8/c1-43-26-10-5-11-27-22(26)15-28(45-27)30-35-24-9-3-2-8-21(24)31(38)36(30)34-16-19-13-23(33)29(25(14-19)37(41)42)44-17-18-6-4-7-20(12-18)32(39)40/h2-16H,17H2,1H3,(H,39,40). The number of hydrogen-bond acceptors (Lipinski definition) is 9. The van der Waals surface area contributed by atoms with E-state index < -0.39 is 22.1 Å². The van der Waals surface area contributed by atoms with Gasteiger partial charge in [0.05, 0.1) is 45.1 Å². The number of nitrogens with zero attached hydrogens (tertiary/aromatic N) is 4. The zero-order valence-electron chi connectivity index (χ0n) is 23.3. The second-order valence-electron chi connectivity index (χ2n) is 9.70. The minimum Gasteiger partial charge on any atom is -0.496 e. The molecule has 6 aromatic rings. The van der Waals surface area contributed by atoms with Gasteiger partial charge in [-0.25, -0.2) is 9.78 Å². The summed E-state index contributed by atoms with van der Waals surface area (Å²) in [5, 5.41) is 26.4. The normalized spacial score (nSPS) is 11.3. The Morgan fingerprint density at radius 3 is 2.67 bits per heavy atom. The molecule has 0 unspecified atom stereocenters. The molecule has 6 rings (SSSR count). The molecular formula is C32H21ClN4O8. The molecule has 0 atom stereocenters. The lowest BCUT2D eigenvalue weighted by Crippen LogP contribution is -2.20. The maximum absolute atomic E-state index is 13.6. The molecule has 12 nitrogen and oxygen atoms in total. The van der Waals surface area contributed by atoms with E-state index in [-0.39, 0.29) is 40.1 Å². The van der Waals surface area contributed by atoms with Gasteiger partial charge in [0, 0.05) is 11.6 Å². The number of para-hydroxylation sites is 1. The molecule has 0 spiro atoms. The largest absolute Gasteiger partial charge is 0.496 e. The van der Waals surface area contributed by atoms with Crippen LogP contribution in [0.15, 0.2) is 99.2 Å². The molecule has 0 aliphatic heterocycles. The van der Waals surface area contributed by atoms with Crippen LogP contribution in [0.4, 0.5) is 5.69 Å². The number of carbonyl (C=O) groups is 1. The molecule has 0 saturated heterocycles. The van der Waals surface area contributed by atoms with Crippen molar-refractivity contribution >= 4 is 51.3 Å². The van der Waals surface area contributed by atoms with Gasteiger partial charge in [0.15, 0.2) is 5.76 Å².